The van der Waals surface area contributed by atoms with Crippen LogP contribution in [0, 0.1) is 6.57 Å². The lowest BCUT2D eigenvalue weighted by Crippen LogP contribution is -2.58. The first-order chi connectivity index (χ1) is 14.4. The van der Waals surface area contributed by atoms with Crippen LogP contribution in [0.25, 0.3) is 32.3 Å². The Morgan fingerprint density at radius 2 is 1.59 bits per heavy atom. The van der Waals surface area contributed by atoms with Crippen LogP contribution in [-0.2, 0) is 0 Å². The third kappa shape index (κ3) is 1.69. The number of hydrogen-bond donors (Lipinski definition) is 0. The lowest BCUT2D eigenvalue weighted by molar-refractivity contribution is 0.487. The highest BCUT2D eigenvalue weighted by molar-refractivity contribution is 7.00. The van der Waals surface area contributed by atoms with Gasteiger partial charge in [-0.05, 0) is 40.7 Å². The molecule has 0 aliphatic carbocycles. The summed E-state index contributed by atoms with van der Waals surface area (Å²) in [6.07, 6.45) is 0. The van der Waals surface area contributed by atoms with Gasteiger partial charge in [0.15, 0.2) is 5.69 Å². The van der Waals surface area contributed by atoms with Gasteiger partial charge in [0.1, 0.15) is 11.5 Å². The van der Waals surface area contributed by atoms with Crippen molar-refractivity contribution >= 4 is 50.6 Å². The van der Waals surface area contributed by atoms with Crippen molar-refractivity contribution in [1.29, 1.82) is 0 Å². The Labute approximate surface area is 167 Å². The van der Waals surface area contributed by atoms with Crippen molar-refractivity contribution in [1.82, 2.24) is 4.57 Å². The number of fused-ring (bicyclic) bond motifs is 7. The lowest BCUT2D eigenvalue weighted by atomic mass is 9.34. The first-order valence-corrected chi connectivity index (χ1v) is 9.70. The van der Waals surface area contributed by atoms with E-state index in [2.05, 4.69) is 64.0 Å². The molecular formula is C25H13BN2O. The number of rotatable bonds is 0. The van der Waals surface area contributed by atoms with E-state index in [1.165, 1.54) is 10.8 Å². The van der Waals surface area contributed by atoms with Crippen molar-refractivity contribution in [2.24, 2.45) is 0 Å². The third-order valence-electron chi connectivity index (χ3n) is 6.28. The minimum absolute atomic E-state index is 0.00392. The number of para-hydroxylation sites is 2. The van der Waals surface area contributed by atoms with E-state index in [9.17, 15) is 0 Å². The molecule has 0 spiro atoms. The monoisotopic (exact) mass is 368 g/mol. The summed E-state index contributed by atoms with van der Waals surface area (Å²) in [4.78, 5) is 3.93. The van der Waals surface area contributed by atoms with Gasteiger partial charge in [-0.2, -0.15) is 0 Å². The van der Waals surface area contributed by atoms with Crippen molar-refractivity contribution in [2.45, 2.75) is 0 Å². The van der Waals surface area contributed by atoms with Crippen LogP contribution in [0.5, 0.6) is 11.5 Å². The Kier molecular flexibility index (Phi) is 2.64. The highest BCUT2D eigenvalue weighted by Crippen LogP contribution is 2.38. The van der Waals surface area contributed by atoms with Crippen LogP contribution in [-0.4, -0.2) is 11.3 Å². The molecule has 0 saturated heterocycles. The topological polar surface area (TPSA) is 18.5 Å². The number of hydrogen-bond acceptors (Lipinski definition) is 1. The van der Waals surface area contributed by atoms with Gasteiger partial charge in [0, 0.05) is 22.0 Å². The number of ether oxygens (including phenoxy) is 1. The number of benzene rings is 4. The molecule has 0 unspecified atom stereocenters. The smallest absolute Gasteiger partial charge is 0.245 e. The highest BCUT2D eigenvalue weighted by atomic mass is 16.5. The van der Waals surface area contributed by atoms with Crippen molar-refractivity contribution in [3.8, 4) is 17.2 Å². The Morgan fingerprint density at radius 3 is 2.52 bits per heavy atom. The fourth-order valence-corrected chi connectivity index (χ4v) is 5.20. The van der Waals surface area contributed by atoms with Crippen molar-refractivity contribution in [3.63, 3.8) is 0 Å². The normalized spacial score (nSPS) is 13.0. The molecule has 29 heavy (non-hydrogen) atoms. The van der Waals surface area contributed by atoms with E-state index in [1.807, 2.05) is 24.3 Å². The summed E-state index contributed by atoms with van der Waals surface area (Å²) in [6.45, 7) is 7.88. The SMILES string of the molecule is [C-]#[N+]c1ccc2c3ccccc3n3c2c1B1c2ccccc2Oc2cccc-3c21. The highest BCUT2D eigenvalue weighted by Gasteiger charge is 2.41. The minimum atomic E-state index is -0.00392. The summed E-state index contributed by atoms with van der Waals surface area (Å²) in [5.74, 6) is 1.75. The van der Waals surface area contributed by atoms with Crippen LogP contribution < -0.4 is 21.1 Å². The maximum Gasteiger partial charge on any atom is 0.245 e. The molecule has 2 aliphatic rings. The van der Waals surface area contributed by atoms with Crippen molar-refractivity contribution < 1.29 is 4.74 Å². The van der Waals surface area contributed by atoms with E-state index < -0.39 is 0 Å². The molecule has 132 valence electrons. The molecule has 0 bridgehead atoms. The van der Waals surface area contributed by atoms with E-state index >= 15 is 0 Å². The molecule has 1 aromatic heterocycles. The molecule has 0 amide bonds. The zero-order valence-corrected chi connectivity index (χ0v) is 15.4. The molecule has 0 fully saturated rings. The van der Waals surface area contributed by atoms with Crippen LogP contribution in [0.3, 0.4) is 0 Å². The maximum atomic E-state index is 7.88. The van der Waals surface area contributed by atoms with Gasteiger partial charge in [0.05, 0.1) is 12.1 Å². The Morgan fingerprint density at radius 1 is 0.759 bits per heavy atom. The van der Waals surface area contributed by atoms with Gasteiger partial charge in [-0.3, -0.25) is 0 Å². The van der Waals surface area contributed by atoms with Crippen LogP contribution in [0.15, 0.2) is 78.9 Å². The van der Waals surface area contributed by atoms with Crippen molar-refractivity contribution in [3.05, 3.63) is 90.3 Å². The van der Waals surface area contributed by atoms with Crippen LogP contribution in [0.4, 0.5) is 5.69 Å². The fraction of sp³-hybridized carbons (Fsp3) is 0. The first-order valence-electron chi connectivity index (χ1n) is 9.70. The van der Waals surface area contributed by atoms with Gasteiger partial charge in [-0.25, -0.2) is 4.85 Å². The third-order valence-corrected chi connectivity index (χ3v) is 6.28. The van der Waals surface area contributed by atoms with Gasteiger partial charge >= 0.3 is 0 Å². The summed E-state index contributed by atoms with van der Waals surface area (Å²) >= 11 is 0. The minimum Gasteiger partial charge on any atom is -0.458 e. The quantitative estimate of drug-likeness (QED) is 0.289. The predicted octanol–water partition coefficient (Wildman–Crippen LogP) is 4.27. The second-order valence-corrected chi connectivity index (χ2v) is 7.62. The zero-order valence-electron chi connectivity index (χ0n) is 15.4. The average Bonchev–Trinajstić information content (AvgIpc) is 3.11. The van der Waals surface area contributed by atoms with Gasteiger partial charge in [-0.1, -0.05) is 54.6 Å². The predicted molar refractivity (Wildman–Crippen MR) is 118 cm³/mol. The van der Waals surface area contributed by atoms with E-state index in [-0.39, 0.29) is 6.71 Å². The second kappa shape index (κ2) is 5.09. The molecule has 3 nitrogen and oxygen atoms in total. The van der Waals surface area contributed by atoms with Gasteiger partial charge < -0.3 is 9.30 Å². The maximum absolute atomic E-state index is 7.88. The lowest BCUT2D eigenvalue weighted by Gasteiger charge is -2.33. The fourth-order valence-electron chi connectivity index (χ4n) is 5.20. The van der Waals surface area contributed by atoms with Crippen LogP contribution in [0.2, 0.25) is 0 Å². The summed E-state index contributed by atoms with van der Waals surface area (Å²) in [5.41, 5.74) is 7.53. The molecule has 3 heterocycles. The Hall–Kier alpha value is -3.97. The standard InChI is InChI=1S/C25H13BN2O/c1-27-18-14-13-16-15-7-2-4-9-19(15)28-20-10-6-12-22-24(20)26(23(18)25(16)28)17-8-3-5-11-21(17)29-22/h2-14H. The Balaban J connectivity index is 1.79. The zero-order chi connectivity index (χ0) is 19.1. The molecule has 7 rings (SSSR count). The summed E-state index contributed by atoms with van der Waals surface area (Å²) in [7, 11) is 0. The van der Waals surface area contributed by atoms with Gasteiger partial charge in [0.2, 0.25) is 6.71 Å². The second-order valence-electron chi connectivity index (χ2n) is 7.62. The molecular weight excluding hydrogens is 355 g/mol. The van der Waals surface area contributed by atoms with Crippen LogP contribution in [0.1, 0.15) is 0 Å². The molecule has 0 atom stereocenters. The first kappa shape index (κ1) is 15.0. The average molecular weight is 368 g/mol. The van der Waals surface area contributed by atoms with E-state index in [0.717, 1.165) is 44.6 Å². The molecule has 2 aliphatic heterocycles. The van der Waals surface area contributed by atoms with E-state index in [4.69, 9.17) is 11.3 Å². The van der Waals surface area contributed by atoms with Crippen molar-refractivity contribution in [2.75, 3.05) is 0 Å². The van der Waals surface area contributed by atoms with Crippen LogP contribution >= 0.6 is 0 Å². The molecule has 0 N–H and O–H groups in total. The number of aromatic nitrogens is 1. The van der Waals surface area contributed by atoms with Gasteiger partial charge in [-0.15, -0.1) is 0 Å². The summed E-state index contributed by atoms with van der Waals surface area (Å²) < 4.78 is 8.63. The van der Waals surface area contributed by atoms with E-state index in [0.29, 0.717) is 5.69 Å². The van der Waals surface area contributed by atoms with E-state index in [1.54, 1.807) is 0 Å². The molecule has 5 aromatic rings. The molecule has 0 saturated carbocycles. The summed E-state index contributed by atoms with van der Waals surface area (Å²) in [5, 5.41) is 2.41. The summed E-state index contributed by atoms with van der Waals surface area (Å²) in [6, 6.07) is 27.0. The molecule has 4 heteroatoms. The molecule has 0 radical (unpaired) electrons. The molecule has 4 aromatic carbocycles. The Bertz CT molecular complexity index is 1560. The number of nitrogens with zero attached hydrogens (tertiary/aromatic N) is 2. The van der Waals surface area contributed by atoms with Gasteiger partial charge in [0.25, 0.3) is 0 Å². The largest absolute Gasteiger partial charge is 0.458 e.